The van der Waals surface area contributed by atoms with Crippen molar-refractivity contribution in [1.82, 2.24) is 19.8 Å². The van der Waals surface area contributed by atoms with Gasteiger partial charge in [-0.15, -0.1) is 10.2 Å². The second-order valence-corrected chi connectivity index (χ2v) is 9.31. The van der Waals surface area contributed by atoms with Crippen LogP contribution in [-0.4, -0.2) is 40.7 Å². The highest BCUT2D eigenvalue weighted by molar-refractivity contribution is 7.92. The number of aromatic nitrogens is 4. The molecule has 2 aromatic heterocycles. The number of nitrogens with one attached hydrogen (secondary N) is 1. The molecule has 0 aliphatic carbocycles. The third-order valence-corrected chi connectivity index (χ3v) is 6.87. The number of carbonyl (C=O) groups excluding carboxylic acids is 1. The van der Waals surface area contributed by atoms with E-state index >= 15 is 0 Å². The summed E-state index contributed by atoms with van der Waals surface area (Å²) in [5, 5.41) is 12.6. The molecule has 5 rings (SSSR count). The van der Waals surface area contributed by atoms with Gasteiger partial charge in [-0.3, -0.25) is 9.52 Å². The Morgan fingerprint density at radius 1 is 1.03 bits per heavy atom. The molecule has 32 heavy (non-hydrogen) atoms. The summed E-state index contributed by atoms with van der Waals surface area (Å²) < 4.78 is 30.1. The first-order valence-electron chi connectivity index (χ1n) is 10.1. The van der Waals surface area contributed by atoms with Crippen molar-refractivity contribution in [2.24, 2.45) is 0 Å². The molecule has 1 aliphatic rings. The topological polar surface area (TPSA) is 110 Å². The van der Waals surface area contributed by atoms with E-state index in [1.807, 2.05) is 19.1 Å². The molecule has 0 atom stereocenters. The Bertz CT molecular complexity index is 1460. The number of carbonyl (C=O) groups is 1. The van der Waals surface area contributed by atoms with E-state index in [0.29, 0.717) is 30.1 Å². The van der Waals surface area contributed by atoms with Crippen molar-refractivity contribution < 1.29 is 13.2 Å². The number of rotatable bonds is 4. The van der Waals surface area contributed by atoms with E-state index in [2.05, 4.69) is 20.0 Å². The highest BCUT2D eigenvalue weighted by Crippen LogP contribution is 2.31. The first-order valence-corrected chi connectivity index (χ1v) is 11.5. The van der Waals surface area contributed by atoms with Crippen molar-refractivity contribution in [3.8, 4) is 11.3 Å². The lowest BCUT2D eigenvalue weighted by atomic mass is 10.1. The molecule has 1 amide bonds. The summed E-state index contributed by atoms with van der Waals surface area (Å²) in [6.45, 7) is 3.90. The Balaban J connectivity index is 1.38. The maximum Gasteiger partial charge on any atom is 0.261 e. The molecule has 0 fully saturated rings. The van der Waals surface area contributed by atoms with Crippen molar-refractivity contribution >= 4 is 33.0 Å². The van der Waals surface area contributed by atoms with Gasteiger partial charge in [-0.05, 0) is 61.4 Å². The second kappa shape index (κ2) is 7.41. The maximum absolute atomic E-state index is 12.9. The van der Waals surface area contributed by atoms with E-state index in [9.17, 15) is 13.2 Å². The van der Waals surface area contributed by atoms with Gasteiger partial charge in [0.05, 0.1) is 10.6 Å². The molecule has 0 saturated carbocycles. The lowest BCUT2D eigenvalue weighted by Gasteiger charge is -2.15. The van der Waals surface area contributed by atoms with Crippen LogP contribution in [-0.2, 0) is 21.2 Å². The highest BCUT2D eigenvalue weighted by Gasteiger charge is 2.24. The molecular formula is C22H20N6O3S. The maximum atomic E-state index is 12.9. The summed E-state index contributed by atoms with van der Waals surface area (Å²) >= 11 is 0. The third kappa shape index (κ3) is 3.48. The van der Waals surface area contributed by atoms with Crippen molar-refractivity contribution in [2.75, 3.05) is 16.2 Å². The molecule has 2 aromatic carbocycles. The van der Waals surface area contributed by atoms with Crippen LogP contribution < -0.4 is 9.62 Å². The van der Waals surface area contributed by atoms with Crippen LogP contribution in [0, 0.1) is 6.92 Å². The molecular weight excluding hydrogens is 428 g/mol. The van der Waals surface area contributed by atoms with E-state index in [0.717, 1.165) is 22.5 Å². The van der Waals surface area contributed by atoms with Crippen LogP contribution in [0.4, 0.5) is 11.4 Å². The van der Waals surface area contributed by atoms with Crippen LogP contribution in [0.5, 0.6) is 0 Å². The fraction of sp³-hybridized carbons (Fsp3) is 0.182. The molecule has 0 radical (unpaired) electrons. The van der Waals surface area contributed by atoms with Gasteiger partial charge >= 0.3 is 0 Å². The average molecular weight is 449 g/mol. The van der Waals surface area contributed by atoms with Crippen molar-refractivity contribution in [3.05, 3.63) is 66.0 Å². The summed E-state index contributed by atoms with van der Waals surface area (Å²) in [7, 11) is -3.77. The first kappa shape index (κ1) is 20.1. The average Bonchev–Trinajstić information content (AvgIpc) is 3.37. The van der Waals surface area contributed by atoms with Gasteiger partial charge in [0.15, 0.2) is 11.5 Å². The van der Waals surface area contributed by atoms with Crippen LogP contribution in [0.15, 0.2) is 59.5 Å². The standard InChI is InChI=1S/C22H20N6O3S/c1-14-23-24-22-10-8-20(25-28(14)22)16-3-5-18(6-4-16)26-32(30,31)19-7-9-21-17(13-19)11-12-27(21)15(2)29/h3-10,13,26H,11-12H2,1-2H3. The quantitative estimate of drug-likeness (QED) is 0.514. The number of anilines is 2. The number of hydrogen-bond donors (Lipinski definition) is 1. The predicted octanol–water partition coefficient (Wildman–Crippen LogP) is 2.81. The Hall–Kier alpha value is -3.79. The van der Waals surface area contributed by atoms with Crippen molar-refractivity contribution in [2.45, 2.75) is 25.2 Å². The monoisotopic (exact) mass is 448 g/mol. The minimum Gasteiger partial charge on any atom is -0.312 e. The van der Waals surface area contributed by atoms with Gasteiger partial charge in [0.25, 0.3) is 10.0 Å². The van der Waals surface area contributed by atoms with E-state index in [-0.39, 0.29) is 10.8 Å². The van der Waals surface area contributed by atoms with Gasteiger partial charge in [-0.2, -0.15) is 9.61 Å². The second-order valence-electron chi connectivity index (χ2n) is 7.63. The summed E-state index contributed by atoms with van der Waals surface area (Å²) in [6, 6.07) is 15.5. The van der Waals surface area contributed by atoms with Gasteiger partial charge in [0.1, 0.15) is 0 Å². The van der Waals surface area contributed by atoms with Crippen LogP contribution in [0.3, 0.4) is 0 Å². The first-order chi connectivity index (χ1) is 15.3. The van der Waals surface area contributed by atoms with Crippen LogP contribution in [0.25, 0.3) is 16.9 Å². The van der Waals surface area contributed by atoms with Crippen molar-refractivity contribution in [3.63, 3.8) is 0 Å². The minimum absolute atomic E-state index is 0.0503. The highest BCUT2D eigenvalue weighted by atomic mass is 32.2. The SMILES string of the molecule is CC(=O)N1CCc2cc(S(=O)(=O)Nc3ccc(-c4ccc5nnc(C)n5n4)cc3)ccc21. The van der Waals surface area contributed by atoms with E-state index in [4.69, 9.17) is 0 Å². The lowest BCUT2D eigenvalue weighted by Crippen LogP contribution is -2.25. The number of aryl methyl sites for hydroxylation is 1. The molecule has 9 nitrogen and oxygen atoms in total. The van der Waals surface area contributed by atoms with E-state index in [1.165, 1.54) is 13.0 Å². The predicted molar refractivity (Wildman–Crippen MR) is 120 cm³/mol. The van der Waals surface area contributed by atoms with E-state index < -0.39 is 10.0 Å². The number of benzene rings is 2. The summed E-state index contributed by atoms with van der Waals surface area (Å²) in [4.78, 5) is 13.5. The Labute approximate surface area is 184 Å². The normalized spacial score (nSPS) is 13.4. The Morgan fingerprint density at radius 2 is 1.81 bits per heavy atom. The third-order valence-electron chi connectivity index (χ3n) is 5.49. The largest absolute Gasteiger partial charge is 0.312 e. The zero-order valence-electron chi connectivity index (χ0n) is 17.5. The number of sulfonamides is 1. The molecule has 0 saturated heterocycles. The van der Waals surface area contributed by atoms with Crippen LogP contribution >= 0.6 is 0 Å². The lowest BCUT2D eigenvalue weighted by molar-refractivity contribution is -0.116. The Morgan fingerprint density at radius 3 is 2.56 bits per heavy atom. The molecule has 4 aromatic rings. The number of nitrogens with zero attached hydrogens (tertiary/aromatic N) is 5. The molecule has 0 spiro atoms. The van der Waals surface area contributed by atoms with E-state index in [1.54, 1.807) is 45.8 Å². The number of amides is 1. The van der Waals surface area contributed by atoms with Gasteiger partial charge < -0.3 is 4.90 Å². The van der Waals surface area contributed by atoms with Gasteiger partial charge in [-0.1, -0.05) is 12.1 Å². The summed E-state index contributed by atoms with van der Waals surface area (Å²) in [5.74, 6) is 0.637. The van der Waals surface area contributed by atoms with Crippen molar-refractivity contribution in [1.29, 1.82) is 0 Å². The Kier molecular flexibility index (Phi) is 4.66. The molecule has 162 valence electrons. The molecule has 1 aliphatic heterocycles. The molecule has 0 unspecified atom stereocenters. The zero-order chi connectivity index (χ0) is 22.5. The smallest absolute Gasteiger partial charge is 0.261 e. The fourth-order valence-electron chi connectivity index (χ4n) is 3.85. The van der Waals surface area contributed by atoms with Crippen LogP contribution in [0.2, 0.25) is 0 Å². The molecule has 3 heterocycles. The van der Waals surface area contributed by atoms with Gasteiger partial charge in [0, 0.05) is 30.4 Å². The number of fused-ring (bicyclic) bond motifs is 2. The summed E-state index contributed by atoms with van der Waals surface area (Å²) in [5.41, 5.74) is 4.30. The van der Waals surface area contributed by atoms with Gasteiger partial charge in [0.2, 0.25) is 5.91 Å². The molecule has 0 bridgehead atoms. The number of hydrogen-bond acceptors (Lipinski definition) is 6. The van der Waals surface area contributed by atoms with Crippen LogP contribution in [0.1, 0.15) is 18.3 Å². The zero-order valence-corrected chi connectivity index (χ0v) is 18.3. The fourth-order valence-corrected chi connectivity index (χ4v) is 4.95. The molecule has 10 heteroatoms. The summed E-state index contributed by atoms with van der Waals surface area (Å²) in [6.07, 6.45) is 0.635. The molecule has 1 N–H and O–H groups in total. The van der Waals surface area contributed by atoms with Gasteiger partial charge in [-0.25, -0.2) is 8.42 Å². The minimum atomic E-state index is -3.77.